The molecule has 0 aliphatic carbocycles. The Balaban J connectivity index is 1.94. The average Bonchev–Trinajstić information content (AvgIpc) is 2.67. The summed E-state index contributed by atoms with van der Waals surface area (Å²) in [5, 5.41) is 21.5. The summed E-state index contributed by atoms with van der Waals surface area (Å²) in [6, 6.07) is 17.1. The van der Waals surface area contributed by atoms with Crippen molar-refractivity contribution in [3.63, 3.8) is 0 Å². The Morgan fingerprint density at radius 3 is 2.28 bits per heavy atom. The van der Waals surface area contributed by atoms with Crippen molar-refractivity contribution in [1.82, 2.24) is 4.98 Å². The standard InChI is InChI=1S/C22H11Cl3N2O2/c23-15-5-13(6-16(24)8-15)11-2-1-3-12(4-11)20-21(28)17-7-14(10-26)18(25)9-19(17)27-22(20)29/h1-9H,(H2,27,28,29). The third-order valence-corrected chi connectivity index (χ3v) is 5.29. The van der Waals surface area contributed by atoms with Gasteiger partial charge in [0.1, 0.15) is 11.8 Å². The SMILES string of the molecule is N#Cc1cc2c(O)c(-c3cccc(-c4cc(Cl)cc(Cl)c4)c3)c(=O)[nH]c2cc1Cl. The number of benzene rings is 3. The number of nitrogens with one attached hydrogen (secondary N) is 1. The van der Waals surface area contributed by atoms with Gasteiger partial charge in [0.05, 0.1) is 21.7 Å². The van der Waals surface area contributed by atoms with Gasteiger partial charge in [-0.25, -0.2) is 0 Å². The minimum absolute atomic E-state index is 0.0960. The van der Waals surface area contributed by atoms with Gasteiger partial charge in [-0.3, -0.25) is 4.79 Å². The van der Waals surface area contributed by atoms with Crippen LogP contribution in [0.3, 0.4) is 0 Å². The van der Waals surface area contributed by atoms with E-state index in [-0.39, 0.29) is 21.9 Å². The summed E-state index contributed by atoms with van der Waals surface area (Å²) in [5.74, 6) is -0.224. The van der Waals surface area contributed by atoms with Gasteiger partial charge in [0, 0.05) is 15.4 Å². The molecule has 0 amide bonds. The molecule has 0 bridgehead atoms. The van der Waals surface area contributed by atoms with Crippen LogP contribution < -0.4 is 5.56 Å². The van der Waals surface area contributed by atoms with E-state index >= 15 is 0 Å². The number of pyridine rings is 1. The number of aromatic nitrogens is 1. The Bertz CT molecular complexity index is 1370. The van der Waals surface area contributed by atoms with Crippen LogP contribution in [0.1, 0.15) is 5.56 Å². The van der Waals surface area contributed by atoms with Crippen LogP contribution in [0, 0.1) is 11.3 Å². The van der Waals surface area contributed by atoms with Crippen LogP contribution in [0.25, 0.3) is 33.2 Å². The predicted octanol–water partition coefficient (Wildman–Crippen LogP) is 6.40. The molecule has 1 aromatic heterocycles. The van der Waals surface area contributed by atoms with Crippen molar-refractivity contribution in [2.75, 3.05) is 0 Å². The van der Waals surface area contributed by atoms with Crippen molar-refractivity contribution in [1.29, 1.82) is 5.26 Å². The molecule has 1 heterocycles. The highest BCUT2D eigenvalue weighted by molar-refractivity contribution is 6.35. The highest BCUT2D eigenvalue weighted by Gasteiger charge is 2.16. The second-order valence-electron chi connectivity index (χ2n) is 6.41. The summed E-state index contributed by atoms with van der Waals surface area (Å²) in [5.41, 5.74) is 2.23. The smallest absolute Gasteiger partial charge is 0.260 e. The van der Waals surface area contributed by atoms with Gasteiger partial charge >= 0.3 is 0 Å². The van der Waals surface area contributed by atoms with Crippen molar-refractivity contribution >= 4 is 45.7 Å². The lowest BCUT2D eigenvalue weighted by Gasteiger charge is -2.11. The van der Waals surface area contributed by atoms with Crippen LogP contribution in [-0.2, 0) is 0 Å². The summed E-state index contributed by atoms with van der Waals surface area (Å²) in [6.07, 6.45) is 0. The molecule has 29 heavy (non-hydrogen) atoms. The fourth-order valence-electron chi connectivity index (χ4n) is 3.23. The molecule has 7 heteroatoms. The summed E-state index contributed by atoms with van der Waals surface area (Å²) >= 11 is 18.2. The molecule has 2 N–H and O–H groups in total. The van der Waals surface area contributed by atoms with E-state index in [1.165, 1.54) is 12.1 Å². The van der Waals surface area contributed by atoms with Crippen molar-refractivity contribution in [3.05, 3.63) is 85.6 Å². The first-order valence-electron chi connectivity index (χ1n) is 8.43. The van der Waals surface area contributed by atoms with Crippen LogP contribution in [0.4, 0.5) is 0 Å². The molecule has 0 saturated heterocycles. The number of aromatic amines is 1. The Labute approximate surface area is 180 Å². The van der Waals surface area contributed by atoms with E-state index in [0.29, 0.717) is 26.5 Å². The largest absolute Gasteiger partial charge is 0.506 e. The molecule has 4 nitrogen and oxygen atoms in total. The molecular formula is C22H11Cl3N2O2. The maximum absolute atomic E-state index is 12.7. The Kier molecular flexibility index (Phi) is 4.97. The van der Waals surface area contributed by atoms with Crippen molar-refractivity contribution in [3.8, 4) is 34.1 Å². The van der Waals surface area contributed by atoms with E-state index in [9.17, 15) is 15.2 Å². The van der Waals surface area contributed by atoms with Gasteiger partial charge in [0.25, 0.3) is 5.56 Å². The molecule has 0 unspecified atom stereocenters. The highest BCUT2D eigenvalue weighted by atomic mass is 35.5. The zero-order chi connectivity index (χ0) is 20.7. The molecule has 0 aliphatic heterocycles. The van der Waals surface area contributed by atoms with Gasteiger partial charge in [-0.2, -0.15) is 5.26 Å². The first-order chi connectivity index (χ1) is 13.9. The molecule has 3 aromatic carbocycles. The average molecular weight is 442 g/mol. The fraction of sp³-hybridized carbons (Fsp3) is 0. The molecule has 0 atom stereocenters. The number of hydrogen-bond donors (Lipinski definition) is 2. The van der Waals surface area contributed by atoms with Crippen molar-refractivity contribution in [2.24, 2.45) is 0 Å². The Morgan fingerprint density at radius 1 is 0.897 bits per heavy atom. The van der Waals surface area contributed by atoms with Crippen LogP contribution in [0.5, 0.6) is 5.75 Å². The van der Waals surface area contributed by atoms with E-state index in [2.05, 4.69) is 4.98 Å². The van der Waals surface area contributed by atoms with Crippen molar-refractivity contribution in [2.45, 2.75) is 0 Å². The number of H-pyrrole nitrogens is 1. The zero-order valence-electron chi connectivity index (χ0n) is 14.6. The maximum atomic E-state index is 12.7. The van der Waals surface area contributed by atoms with Crippen LogP contribution in [-0.4, -0.2) is 10.1 Å². The number of fused-ring (bicyclic) bond motifs is 1. The lowest BCUT2D eigenvalue weighted by atomic mass is 9.98. The van der Waals surface area contributed by atoms with Crippen molar-refractivity contribution < 1.29 is 5.11 Å². The summed E-state index contributed by atoms with van der Waals surface area (Å²) in [4.78, 5) is 15.4. The first-order valence-corrected chi connectivity index (χ1v) is 9.56. The number of halogens is 3. The third kappa shape index (κ3) is 3.56. The lowest BCUT2D eigenvalue weighted by Crippen LogP contribution is -2.09. The van der Waals surface area contributed by atoms with E-state index in [1.807, 2.05) is 12.1 Å². The molecule has 4 rings (SSSR count). The Morgan fingerprint density at radius 2 is 1.59 bits per heavy atom. The summed E-state index contributed by atoms with van der Waals surface area (Å²) in [6.45, 7) is 0. The van der Waals surface area contributed by atoms with Gasteiger partial charge in [-0.05, 0) is 53.1 Å². The second-order valence-corrected chi connectivity index (χ2v) is 7.69. The molecule has 0 spiro atoms. The lowest BCUT2D eigenvalue weighted by molar-refractivity contribution is 0.482. The normalized spacial score (nSPS) is 10.8. The van der Waals surface area contributed by atoms with Crippen LogP contribution >= 0.6 is 34.8 Å². The number of hydrogen-bond acceptors (Lipinski definition) is 3. The van der Waals surface area contributed by atoms with E-state index in [1.54, 1.807) is 36.4 Å². The van der Waals surface area contributed by atoms with Gasteiger partial charge < -0.3 is 10.1 Å². The number of aromatic hydroxyl groups is 1. The quantitative estimate of drug-likeness (QED) is 0.378. The highest BCUT2D eigenvalue weighted by Crippen LogP contribution is 2.36. The van der Waals surface area contributed by atoms with Crippen LogP contribution in [0.2, 0.25) is 15.1 Å². The van der Waals surface area contributed by atoms with Crippen LogP contribution in [0.15, 0.2) is 59.4 Å². The summed E-state index contributed by atoms with van der Waals surface area (Å²) in [7, 11) is 0. The molecule has 142 valence electrons. The molecule has 0 saturated carbocycles. The Hall–Kier alpha value is -2.97. The monoisotopic (exact) mass is 440 g/mol. The fourth-order valence-corrected chi connectivity index (χ4v) is 3.96. The molecular weight excluding hydrogens is 431 g/mol. The molecule has 4 aromatic rings. The third-order valence-electron chi connectivity index (χ3n) is 4.54. The topological polar surface area (TPSA) is 76.9 Å². The number of rotatable bonds is 2. The van der Waals surface area contributed by atoms with Gasteiger partial charge in [-0.15, -0.1) is 0 Å². The number of nitriles is 1. The molecule has 0 fully saturated rings. The predicted molar refractivity (Wildman–Crippen MR) is 117 cm³/mol. The minimum Gasteiger partial charge on any atom is -0.506 e. The van der Waals surface area contributed by atoms with E-state index in [0.717, 1.165) is 11.1 Å². The zero-order valence-corrected chi connectivity index (χ0v) is 16.9. The minimum atomic E-state index is -0.475. The first kappa shape index (κ1) is 19.4. The van der Waals surface area contributed by atoms with E-state index in [4.69, 9.17) is 34.8 Å². The van der Waals surface area contributed by atoms with Gasteiger partial charge in [0.2, 0.25) is 0 Å². The second kappa shape index (κ2) is 7.46. The van der Waals surface area contributed by atoms with Gasteiger partial charge in [-0.1, -0.05) is 53.0 Å². The van der Waals surface area contributed by atoms with E-state index < -0.39 is 5.56 Å². The summed E-state index contributed by atoms with van der Waals surface area (Å²) < 4.78 is 0. The number of nitrogens with zero attached hydrogens (tertiary/aromatic N) is 1. The van der Waals surface area contributed by atoms with Gasteiger partial charge in [0.15, 0.2) is 0 Å². The molecule has 0 radical (unpaired) electrons. The maximum Gasteiger partial charge on any atom is 0.260 e. The molecule has 0 aliphatic rings.